The second-order valence-corrected chi connectivity index (χ2v) is 6.37. The molecule has 4 N–H and O–H groups in total. The lowest BCUT2D eigenvalue weighted by atomic mass is 10.2. The maximum atomic E-state index is 12.2. The molecule has 1 fully saturated rings. The minimum absolute atomic E-state index is 0. The third-order valence-corrected chi connectivity index (χ3v) is 4.19. The second kappa shape index (κ2) is 13.7. The van der Waals surface area contributed by atoms with Gasteiger partial charge in [-0.05, 0) is 50.2 Å². The van der Waals surface area contributed by atoms with Gasteiger partial charge < -0.3 is 21.1 Å². The maximum absolute atomic E-state index is 12.2. The van der Waals surface area contributed by atoms with Gasteiger partial charge in [0.1, 0.15) is 6.04 Å². The van der Waals surface area contributed by atoms with Crippen LogP contribution >= 0.6 is 24.8 Å². The van der Waals surface area contributed by atoms with E-state index in [0.29, 0.717) is 17.9 Å². The summed E-state index contributed by atoms with van der Waals surface area (Å²) >= 11 is 0. The number of anilines is 2. The summed E-state index contributed by atoms with van der Waals surface area (Å²) < 4.78 is 4.86. The van der Waals surface area contributed by atoms with E-state index in [4.69, 9.17) is 10.5 Å². The second-order valence-electron chi connectivity index (χ2n) is 6.37. The summed E-state index contributed by atoms with van der Waals surface area (Å²) in [5, 5.41) is 5.61. The van der Waals surface area contributed by atoms with E-state index in [1.165, 1.54) is 20.0 Å². The summed E-state index contributed by atoms with van der Waals surface area (Å²) in [6.07, 6.45) is 4.82. The molecule has 1 heterocycles. The van der Waals surface area contributed by atoms with E-state index >= 15 is 0 Å². The van der Waals surface area contributed by atoms with Crippen LogP contribution in [0.25, 0.3) is 0 Å². The Bertz CT molecular complexity index is 564. The van der Waals surface area contributed by atoms with Gasteiger partial charge in [0.2, 0.25) is 11.8 Å². The van der Waals surface area contributed by atoms with Crippen LogP contribution in [0.2, 0.25) is 0 Å². The molecule has 1 aromatic carbocycles. The zero-order chi connectivity index (χ0) is 18.1. The molecule has 0 bridgehead atoms. The number of benzene rings is 1. The molecule has 1 aromatic rings. The van der Waals surface area contributed by atoms with Gasteiger partial charge in [0, 0.05) is 18.5 Å². The minimum Gasteiger partial charge on any atom is -0.383 e. The van der Waals surface area contributed by atoms with E-state index in [0.717, 1.165) is 25.9 Å². The quantitative estimate of drug-likeness (QED) is 0.628. The van der Waals surface area contributed by atoms with E-state index in [9.17, 15) is 9.59 Å². The summed E-state index contributed by atoms with van der Waals surface area (Å²) in [7, 11) is 1.50. The predicted molar refractivity (Wildman–Crippen MR) is 113 cm³/mol. The average Bonchev–Trinajstić information content (AvgIpc) is 2.85. The lowest BCUT2D eigenvalue weighted by Gasteiger charge is -2.19. The van der Waals surface area contributed by atoms with Crippen LogP contribution in [0.5, 0.6) is 0 Å². The van der Waals surface area contributed by atoms with Crippen molar-refractivity contribution in [1.29, 1.82) is 0 Å². The topological polar surface area (TPSA) is 96.7 Å². The Morgan fingerprint density at radius 2 is 1.56 bits per heavy atom. The number of amides is 2. The number of halogens is 2. The third kappa shape index (κ3) is 9.39. The molecule has 0 aliphatic carbocycles. The number of ether oxygens (including phenoxy) is 1. The van der Waals surface area contributed by atoms with Gasteiger partial charge in [-0.3, -0.25) is 14.5 Å². The molecule has 0 spiro atoms. The Hall–Kier alpha value is -1.38. The van der Waals surface area contributed by atoms with Crippen molar-refractivity contribution in [2.45, 2.75) is 31.7 Å². The molecule has 1 aliphatic heterocycles. The third-order valence-electron chi connectivity index (χ3n) is 4.19. The van der Waals surface area contributed by atoms with E-state index in [1.54, 1.807) is 24.3 Å². The largest absolute Gasteiger partial charge is 0.383 e. The van der Waals surface area contributed by atoms with Crippen LogP contribution in [-0.2, 0) is 14.3 Å². The SMILES string of the molecule is COCC(N)C(=O)Nc1ccc(NC(=O)CN2CCCCCC2)cc1.Cl.Cl. The van der Waals surface area contributed by atoms with Crippen LogP contribution in [0, 0.1) is 0 Å². The number of hydrogen-bond donors (Lipinski definition) is 3. The van der Waals surface area contributed by atoms with E-state index in [1.807, 2.05) is 0 Å². The molecule has 0 saturated carbocycles. The highest BCUT2D eigenvalue weighted by atomic mass is 35.5. The number of likely N-dealkylation sites (tertiary alicyclic amines) is 1. The zero-order valence-corrected chi connectivity index (χ0v) is 17.2. The summed E-state index contributed by atoms with van der Waals surface area (Å²) in [5.41, 5.74) is 7.01. The first kappa shape index (κ1) is 25.6. The van der Waals surface area contributed by atoms with Crippen molar-refractivity contribution < 1.29 is 14.3 Å². The van der Waals surface area contributed by atoms with Gasteiger partial charge in [-0.25, -0.2) is 0 Å². The number of nitrogens with one attached hydrogen (secondary N) is 2. The van der Waals surface area contributed by atoms with Gasteiger partial charge in [0.15, 0.2) is 0 Å². The Kier molecular flexibility index (Phi) is 13.0. The lowest BCUT2D eigenvalue weighted by molar-refractivity contribution is -0.118. The van der Waals surface area contributed by atoms with Crippen LogP contribution in [0.1, 0.15) is 25.7 Å². The first-order chi connectivity index (χ1) is 12.1. The molecule has 7 nitrogen and oxygen atoms in total. The minimum atomic E-state index is -0.710. The summed E-state index contributed by atoms with van der Waals surface area (Å²) in [5.74, 6) is -0.319. The zero-order valence-electron chi connectivity index (χ0n) is 15.6. The van der Waals surface area contributed by atoms with Gasteiger partial charge >= 0.3 is 0 Å². The molecular weight excluding hydrogens is 391 g/mol. The number of carbonyl (C=O) groups is 2. The number of methoxy groups -OCH3 is 1. The smallest absolute Gasteiger partial charge is 0.243 e. The molecule has 1 unspecified atom stereocenters. The van der Waals surface area contributed by atoms with Gasteiger partial charge in [-0.2, -0.15) is 0 Å². The highest BCUT2D eigenvalue weighted by molar-refractivity contribution is 5.95. The van der Waals surface area contributed by atoms with Crippen LogP contribution < -0.4 is 16.4 Å². The maximum Gasteiger partial charge on any atom is 0.243 e. The summed E-state index contributed by atoms with van der Waals surface area (Å²) in [6, 6.07) is 6.28. The molecule has 1 saturated heterocycles. The Balaban J connectivity index is 0.00000338. The number of hydrogen-bond acceptors (Lipinski definition) is 5. The normalized spacial score (nSPS) is 15.5. The Morgan fingerprint density at radius 3 is 2.07 bits per heavy atom. The molecule has 27 heavy (non-hydrogen) atoms. The first-order valence-electron chi connectivity index (χ1n) is 8.76. The molecule has 0 aromatic heterocycles. The molecule has 2 amide bonds. The molecule has 2 rings (SSSR count). The number of carbonyl (C=O) groups excluding carboxylic acids is 2. The fourth-order valence-electron chi connectivity index (χ4n) is 2.82. The van der Waals surface area contributed by atoms with E-state index in [2.05, 4.69) is 15.5 Å². The fourth-order valence-corrected chi connectivity index (χ4v) is 2.82. The van der Waals surface area contributed by atoms with Crippen molar-refractivity contribution in [2.24, 2.45) is 5.73 Å². The fraction of sp³-hybridized carbons (Fsp3) is 0.556. The van der Waals surface area contributed by atoms with Gasteiger partial charge in [-0.15, -0.1) is 24.8 Å². The van der Waals surface area contributed by atoms with Crippen LogP contribution in [-0.4, -0.2) is 56.1 Å². The van der Waals surface area contributed by atoms with Crippen LogP contribution in [0.3, 0.4) is 0 Å². The highest BCUT2D eigenvalue weighted by Crippen LogP contribution is 2.14. The van der Waals surface area contributed by atoms with Gasteiger partial charge in [0.25, 0.3) is 0 Å². The molecule has 154 valence electrons. The van der Waals surface area contributed by atoms with Crippen molar-refractivity contribution in [2.75, 3.05) is 44.0 Å². The standard InChI is InChI=1S/C18H28N4O3.2ClH/c1-25-13-16(19)18(24)21-15-8-6-14(7-9-15)20-17(23)12-22-10-4-2-3-5-11-22;;/h6-9,16H,2-5,10-13,19H2,1H3,(H,20,23)(H,21,24);2*1H. The number of nitrogens with two attached hydrogens (primary N) is 1. The lowest BCUT2D eigenvalue weighted by Crippen LogP contribution is -2.39. The number of rotatable bonds is 7. The monoisotopic (exact) mass is 420 g/mol. The van der Waals surface area contributed by atoms with Gasteiger partial charge in [-0.1, -0.05) is 12.8 Å². The highest BCUT2D eigenvalue weighted by Gasteiger charge is 2.14. The Labute approximate surface area is 173 Å². The Morgan fingerprint density at radius 1 is 1.04 bits per heavy atom. The van der Waals surface area contributed by atoms with Crippen LogP contribution in [0.15, 0.2) is 24.3 Å². The molecule has 1 aliphatic rings. The van der Waals surface area contributed by atoms with Crippen molar-refractivity contribution in [3.8, 4) is 0 Å². The molecule has 1 atom stereocenters. The van der Waals surface area contributed by atoms with Crippen molar-refractivity contribution in [3.63, 3.8) is 0 Å². The predicted octanol–water partition coefficient (Wildman–Crippen LogP) is 2.26. The van der Waals surface area contributed by atoms with Crippen LogP contribution in [0.4, 0.5) is 11.4 Å². The average molecular weight is 421 g/mol. The van der Waals surface area contributed by atoms with Crippen molar-refractivity contribution >= 4 is 48.0 Å². The number of nitrogens with zero attached hydrogens (tertiary/aromatic N) is 1. The van der Waals surface area contributed by atoms with Crippen molar-refractivity contribution in [1.82, 2.24) is 4.90 Å². The van der Waals surface area contributed by atoms with E-state index < -0.39 is 6.04 Å². The first-order valence-corrected chi connectivity index (χ1v) is 8.76. The summed E-state index contributed by atoms with van der Waals surface area (Å²) in [4.78, 5) is 26.2. The van der Waals surface area contributed by atoms with Gasteiger partial charge in [0.05, 0.1) is 13.2 Å². The molecule has 0 radical (unpaired) electrons. The summed E-state index contributed by atoms with van der Waals surface area (Å²) in [6.45, 7) is 2.56. The van der Waals surface area contributed by atoms with Crippen molar-refractivity contribution in [3.05, 3.63) is 24.3 Å². The molecular formula is C18H30Cl2N4O3. The molecule has 9 heteroatoms. The van der Waals surface area contributed by atoms with E-state index in [-0.39, 0.29) is 43.2 Å².